The minimum atomic E-state index is -1.22. The van der Waals surface area contributed by atoms with E-state index in [1.807, 2.05) is 0 Å². The second kappa shape index (κ2) is 10.9. The number of rotatable bonds is 8. The fourth-order valence-electron chi connectivity index (χ4n) is 3.94. The normalized spacial score (nSPS) is 17.8. The molecule has 9 heteroatoms. The first-order valence-corrected chi connectivity index (χ1v) is 12.2. The molecule has 4 rings (SSSR count). The van der Waals surface area contributed by atoms with Gasteiger partial charge in [-0.25, -0.2) is 13.8 Å². The lowest BCUT2D eigenvalue weighted by Gasteiger charge is -2.31. The Morgan fingerprint density at radius 2 is 1.86 bits per heavy atom. The Morgan fingerprint density at radius 1 is 1.11 bits per heavy atom. The van der Waals surface area contributed by atoms with Crippen molar-refractivity contribution in [3.05, 3.63) is 95.0 Å². The molecule has 1 amide bonds. The average molecular weight is 499 g/mol. The van der Waals surface area contributed by atoms with Crippen molar-refractivity contribution in [2.75, 3.05) is 20.0 Å². The number of ether oxygens (including phenoxy) is 2. The minimum absolute atomic E-state index is 0.0729. The van der Waals surface area contributed by atoms with Crippen LogP contribution in [0.2, 0.25) is 0 Å². The van der Waals surface area contributed by atoms with E-state index < -0.39 is 34.7 Å². The second-order valence-corrected chi connectivity index (χ2v) is 9.34. The fraction of sp³-hybridized carbons (Fsp3) is 0.231. The van der Waals surface area contributed by atoms with Crippen molar-refractivity contribution in [1.82, 2.24) is 9.88 Å². The van der Waals surface area contributed by atoms with E-state index in [1.165, 1.54) is 43.4 Å². The molecule has 1 aliphatic heterocycles. The molecule has 0 spiro atoms. The number of amides is 1. The van der Waals surface area contributed by atoms with E-state index in [0.717, 1.165) is 5.56 Å². The van der Waals surface area contributed by atoms with Crippen LogP contribution in [0.4, 0.5) is 8.78 Å². The number of methoxy groups -OCH3 is 2. The second-order valence-electron chi connectivity index (χ2n) is 7.97. The van der Waals surface area contributed by atoms with Crippen LogP contribution in [0.15, 0.2) is 72.3 Å². The number of hydrogen-bond acceptors (Lipinski definition) is 5. The molecule has 182 valence electrons. The van der Waals surface area contributed by atoms with Gasteiger partial charge in [0.15, 0.2) is 6.10 Å². The van der Waals surface area contributed by atoms with E-state index in [4.69, 9.17) is 9.47 Å². The first-order chi connectivity index (χ1) is 16.9. The first kappa shape index (κ1) is 24.7. The van der Waals surface area contributed by atoms with Gasteiger partial charge in [-0.2, -0.15) is 0 Å². The van der Waals surface area contributed by atoms with E-state index in [9.17, 15) is 13.4 Å². The first-order valence-electron chi connectivity index (χ1n) is 10.8. The van der Waals surface area contributed by atoms with Crippen molar-refractivity contribution in [2.45, 2.75) is 18.7 Å². The number of nitrogens with zero attached hydrogens (tertiary/aromatic N) is 2. The fourth-order valence-corrected chi connectivity index (χ4v) is 5.04. The molecule has 0 bridgehead atoms. The van der Waals surface area contributed by atoms with Crippen molar-refractivity contribution in [3.63, 3.8) is 0 Å². The lowest BCUT2D eigenvalue weighted by atomic mass is 10.00. The number of halogens is 2. The van der Waals surface area contributed by atoms with Gasteiger partial charge in [0.05, 0.1) is 18.9 Å². The van der Waals surface area contributed by atoms with Gasteiger partial charge in [0.2, 0.25) is 5.88 Å². The van der Waals surface area contributed by atoms with Crippen LogP contribution in [0, 0.1) is 11.6 Å². The molecule has 0 aliphatic carbocycles. The maximum Gasteiger partial charge on any atom is 0.257 e. The van der Waals surface area contributed by atoms with Crippen LogP contribution in [-0.2, 0) is 26.9 Å². The Morgan fingerprint density at radius 3 is 2.49 bits per heavy atom. The Bertz CT molecular complexity index is 1270. The number of benzene rings is 2. The maximum atomic E-state index is 15.2. The molecule has 0 fully saturated rings. The molecule has 6 nitrogen and oxygen atoms in total. The summed E-state index contributed by atoms with van der Waals surface area (Å²) in [4.78, 5) is 19.3. The Labute approximate surface area is 204 Å². The summed E-state index contributed by atoms with van der Waals surface area (Å²) in [6.07, 6.45) is 2.07. The van der Waals surface area contributed by atoms with E-state index in [2.05, 4.69) is 4.98 Å². The molecule has 1 aliphatic rings. The molecule has 1 aromatic heterocycles. The zero-order valence-electron chi connectivity index (χ0n) is 19.2. The molecule has 0 N–H and O–H groups in total. The summed E-state index contributed by atoms with van der Waals surface area (Å²) in [6, 6.07) is 13.2. The van der Waals surface area contributed by atoms with E-state index >= 15 is 4.39 Å². The molecule has 3 aromatic rings. The highest BCUT2D eigenvalue weighted by Crippen LogP contribution is 2.30. The van der Waals surface area contributed by atoms with Crippen molar-refractivity contribution < 1.29 is 27.3 Å². The number of hydrogen-bond donors (Lipinski definition) is 0. The summed E-state index contributed by atoms with van der Waals surface area (Å²) in [5.41, 5.74) is 2.01. The molecule has 3 unspecified atom stereocenters. The average Bonchev–Trinajstić information content (AvgIpc) is 3.30. The van der Waals surface area contributed by atoms with Crippen molar-refractivity contribution in [1.29, 1.82) is 0 Å². The predicted molar refractivity (Wildman–Crippen MR) is 129 cm³/mol. The van der Waals surface area contributed by atoms with Gasteiger partial charge in [-0.05, 0) is 41.0 Å². The summed E-state index contributed by atoms with van der Waals surface area (Å²) in [5, 5.41) is 1.55. The van der Waals surface area contributed by atoms with Gasteiger partial charge in [-0.1, -0.05) is 30.3 Å². The lowest BCUT2D eigenvalue weighted by molar-refractivity contribution is -0.144. The number of carbonyl (C=O) groups is 1. The summed E-state index contributed by atoms with van der Waals surface area (Å²) in [6.45, 7) is 0.166. The highest BCUT2D eigenvalue weighted by Gasteiger charge is 2.34. The quantitative estimate of drug-likeness (QED) is 0.461. The van der Waals surface area contributed by atoms with Crippen LogP contribution in [0.1, 0.15) is 17.2 Å². The van der Waals surface area contributed by atoms with Gasteiger partial charge in [0, 0.05) is 47.7 Å². The summed E-state index contributed by atoms with van der Waals surface area (Å²) < 4.78 is 51.2. The predicted octanol–water partition coefficient (Wildman–Crippen LogP) is 4.40. The van der Waals surface area contributed by atoms with E-state index in [0.29, 0.717) is 17.0 Å². The SMILES string of the molecule is COc1cc(CN(C(=O)C(OC)c2ccc(-c3ccc(F)cc3)cc2F)C2C=CS(=O)C2)ccn1. The zero-order chi connectivity index (χ0) is 24.9. The number of aromatic nitrogens is 1. The summed E-state index contributed by atoms with van der Waals surface area (Å²) in [5.74, 6) is -0.833. The van der Waals surface area contributed by atoms with Crippen LogP contribution in [-0.4, -0.2) is 46.0 Å². The Kier molecular flexibility index (Phi) is 7.67. The number of carbonyl (C=O) groups excluding carboxylic acids is 1. The molecular formula is C26H24F2N2O4S. The third-order valence-electron chi connectivity index (χ3n) is 5.75. The summed E-state index contributed by atoms with van der Waals surface area (Å²) >= 11 is 0. The molecular weight excluding hydrogens is 474 g/mol. The molecule has 35 heavy (non-hydrogen) atoms. The van der Waals surface area contributed by atoms with Crippen molar-refractivity contribution >= 4 is 16.7 Å². The smallest absolute Gasteiger partial charge is 0.257 e. The minimum Gasteiger partial charge on any atom is -0.481 e. The van der Waals surface area contributed by atoms with Crippen LogP contribution in [0.3, 0.4) is 0 Å². The number of pyridine rings is 1. The third kappa shape index (κ3) is 5.63. The van der Waals surface area contributed by atoms with Gasteiger partial charge in [-0.3, -0.25) is 9.00 Å². The standard InChI is InChI=1S/C26H24F2N2O4S/c1-33-24-13-17(9-11-29-24)15-30(21-10-12-35(32)16-21)26(31)25(34-2)22-8-5-19(14-23(22)28)18-3-6-20(27)7-4-18/h3-14,21,25H,15-16H2,1-2H3. The molecule has 2 aromatic carbocycles. The molecule has 2 heterocycles. The van der Waals surface area contributed by atoms with E-state index in [1.54, 1.807) is 48.0 Å². The van der Waals surface area contributed by atoms with Gasteiger partial charge >= 0.3 is 0 Å². The van der Waals surface area contributed by atoms with Crippen LogP contribution in [0.5, 0.6) is 5.88 Å². The highest BCUT2D eigenvalue weighted by atomic mass is 32.2. The maximum absolute atomic E-state index is 15.2. The Balaban J connectivity index is 1.64. The van der Waals surface area contributed by atoms with Gasteiger partial charge < -0.3 is 14.4 Å². The Hall–Kier alpha value is -3.43. The van der Waals surface area contributed by atoms with Crippen LogP contribution >= 0.6 is 0 Å². The monoisotopic (exact) mass is 498 g/mol. The van der Waals surface area contributed by atoms with Crippen molar-refractivity contribution in [3.8, 4) is 17.0 Å². The third-order valence-corrected chi connectivity index (χ3v) is 6.88. The summed E-state index contributed by atoms with van der Waals surface area (Å²) in [7, 11) is 1.64. The largest absolute Gasteiger partial charge is 0.481 e. The zero-order valence-corrected chi connectivity index (χ0v) is 20.0. The highest BCUT2D eigenvalue weighted by molar-refractivity contribution is 7.88. The molecule has 0 radical (unpaired) electrons. The topological polar surface area (TPSA) is 68.7 Å². The van der Waals surface area contributed by atoms with Gasteiger partial charge in [-0.15, -0.1) is 0 Å². The van der Waals surface area contributed by atoms with E-state index in [-0.39, 0.29) is 23.7 Å². The van der Waals surface area contributed by atoms with Crippen molar-refractivity contribution in [2.24, 2.45) is 0 Å². The molecule has 0 saturated heterocycles. The van der Waals surface area contributed by atoms with Crippen LogP contribution in [0.25, 0.3) is 11.1 Å². The molecule has 0 saturated carbocycles. The van der Waals surface area contributed by atoms with Gasteiger partial charge in [0.1, 0.15) is 11.6 Å². The lowest BCUT2D eigenvalue weighted by Crippen LogP contribution is -2.43. The molecule has 3 atom stereocenters. The van der Waals surface area contributed by atoms with Crippen LogP contribution < -0.4 is 4.74 Å². The van der Waals surface area contributed by atoms with Gasteiger partial charge in [0.25, 0.3) is 5.91 Å².